The van der Waals surface area contributed by atoms with Crippen molar-refractivity contribution in [3.63, 3.8) is 0 Å². The van der Waals surface area contributed by atoms with Crippen LogP contribution in [0, 0.1) is 18.8 Å². The van der Waals surface area contributed by atoms with E-state index in [1.807, 2.05) is 68.4 Å². The molecule has 0 radical (unpaired) electrons. The van der Waals surface area contributed by atoms with Crippen LogP contribution in [0.2, 0.25) is 0 Å². The van der Waals surface area contributed by atoms with E-state index in [-0.39, 0.29) is 11.1 Å². The zero-order chi connectivity index (χ0) is 25.2. The van der Waals surface area contributed by atoms with Crippen LogP contribution in [-0.4, -0.2) is 39.9 Å². The van der Waals surface area contributed by atoms with Crippen LogP contribution in [0.25, 0.3) is 0 Å². The molecule has 0 bridgehead atoms. The second-order valence-corrected chi connectivity index (χ2v) is 9.98. The first-order valence-corrected chi connectivity index (χ1v) is 12.2. The van der Waals surface area contributed by atoms with Gasteiger partial charge in [-0.3, -0.25) is 24.1 Å². The SMILES string of the molecule is Cc1ccc([C@@H]2OC3(C(=O)c4ccccc4C3=O)[C@@H]3C(=O)N([C@@H](C)Cc4ccccc4)C(=O)[C@H]32)cc1. The molecule has 0 saturated carbocycles. The summed E-state index contributed by atoms with van der Waals surface area (Å²) in [4.78, 5) is 56.7. The minimum atomic E-state index is -2.03. The minimum absolute atomic E-state index is 0.238. The predicted molar refractivity (Wildman–Crippen MR) is 131 cm³/mol. The molecule has 2 heterocycles. The van der Waals surface area contributed by atoms with E-state index in [4.69, 9.17) is 4.74 Å². The molecule has 3 aromatic rings. The van der Waals surface area contributed by atoms with Crippen molar-refractivity contribution in [1.82, 2.24) is 4.90 Å². The summed E-state index contributed by atoms with van der Waals surface area (Å²) in [5, 5.41) is 0. The van der Waals surface area contributed by atoms with E-state index in [0.29, 0.717) is 12.0 Å². The number of benzene rings is 3. The van der Waals surface area contributed by atoms with Crippen molar-refractivity contribution in [2.24, 2.45) is 11.8 Å². The fourth-order valence-electron chi connectivity index (χ4n) is 6.08. The van der Waals surface area contributed by atoms with Crippen LogP contribution < -0.4 is 0 Å². The fraction of sp³-hybridized carbons (Fsp3) is 0.267. The second-order valence-electron chi connectivity index (χ2n) is 9.98. The van der Waals surface area contributed by atoms with Gasteiger partial charge in [-0.25, -0.2) is 0 Å². The lowest BCUT2D eigenvalue weighted by molar-refractivity contribution is -0.147. The molecule has 0 N–H and O–H groups in total. The number of imide groups is 1. The molecule has 180 valence electrons. The molecule has 6 heteroatoms. The van der Waals surface area contributed by atoms with E-state index in [1.54, 1.807) is 24.3 Å². The number of amides is 2. The maximum atomic E-state index is 14.0. The van der Waals surface area contributed by atoms with Crippen molar-refractivity contribution < 1.29 is 23.9 Å². The molecule has 6 nitrogen and oxygen atoms in total. The van der Waals surface area contributed by atoms with Gasteiger partial charge >= 0.3 is 0 Å². The second kappa shape index (κ2) is 8.07. The Labute approximate surface area is 208 Å². The fourth-order valence-corrected chi connectivity index (χ4v) is 6.08. The number of Topliss-reactive ketones (excluding diaryl/α,β-unsaturated/α-hetero) is 2. The Kier molecular flexibility index (Phi) is 5.05. The largest absolute Gasteiger partial charge is 0.349 e. The molecule has 2 amide bonds. The molecule has 1 spiro atoms. The topological polar surface area (TPSA) is 80.8 Å². The van der Waals surface area contributed by atoms with Gasteiger partial charge in [0.15, 0.2) is 0 Å². The van der Waals surface area contributed by atoms with Gasteiger partial charge in [0, 0.05) is 17.2 Å². The third-order valence-corrected chi connectivity index (χ3v) is 7.77. The first kappa shape index (κ1) is 22.6. The molecule has 2 saturated heterocycles. The number of rotatable bonds is 4. The van der Waals surface area contributed by atoms with Crippen LogP contribution in [0.3, 0.4) is 0 Å². The van der Waals surface area contributed by atoms with Crippen LogP contribution in [-0.2, 0) is 20.7 Å². The van der Waals surface area contributed by atoms with Gasteiger partial charge in [0.05, 0.1) is 17.9 Å². The van der Waals surface area contributed by atoms with Gasteiger partial charge in [-0.2, -0.15) is 0 Å². The Morgan fingerprint density at radius 3 is 2.00 bits per heavy atom. The minimum Gasteiger partial charge on any atom is -0.349 e. The van der Waals surface area contributed by atoms with Gasteiger partial charge in [0.25, 0.3) is 0 Å². The summed E-state index contributed by atoms with van der Waals surface area (Å²) in [5.41, 5.74) is 1.13. The Morgan fingerprint density at radius 2 is 1.39 bits per heavy atom. The van der Waals surface area contributed by atoms with Gasteiger partial charge in [-0.1, -0.05) is 84.4 Å². The molecule has 2 fully saturated rings. The number of hydrogen-bond donors (Lipinski definition) is 0. The zero-order valence-corrected chi connectivity index (χ0v) is 20.0. The maximum Gasteiger partial charge on any atom is 0.237 e. The van der Waals surface area contributed by atoms with Gasteiger partial charge in [-0.15, -0.1) is 0 Å². The first-order chi connectivity index (χ1) is 17.3. The van der Waals surface area contributed by atoms with E-state index >= 15 is 0 Å². The summed E-state index contributed by atoms with van der Waals surface area (Å²) < 4.78 is 6.33. The number of hydrogen-bond acceptors (Lipinski definition) is 5. The quantitative estimate of drug-likeness (QED) is 0.416. The monoisotopic (exact) mass is 479 g/mol. The number of carbonyl (C=O) groups is 4. The number of likely N-dealkylation sites (tertiary alicyclic amines) is 1. The van der Waals surface area contributed by atoms with E-state index in [0.717, 1.165) is 11.1 Å². The summed E-state index contributed by atoms with van der Waals surface area (Å²) in [7, 11) is 0. The molecule has 0 aromatic heterocycles. The lowest BCUT2D eigenvalue weighted by Gasteiger charge is -2.29. The Morgan fingerprint density at radius 1 is 0.806 bits per heavy atom. The number of fused-ring (bicyclic) bond motifs is 3. The molecular formula is C30H25NO5. The lowest BCUT2D eigenvalue weighted by atomic mass is 9.77. The predicted octanol–water partition coefficient (Wildman–Crippen LogP) is 4.12. The average molecular weight is 480 g/mol. The van der Waals surface area contributed by atoms with E-state index in [2.05, 4.69) is 0 Å². The molecule has 4 atom stereocenters. The summed E-state index contributed by atoms with van der Waals surface area (Å²) >= 11 is 0. The molecule has 6 rings (SSSR count). The van der Waals surface area contributed by atoms with Crippen molar-refractivity contribution in [3.05, 3.63) is 107 Å². The summed E-state index contributed by atoms with van der Waals surface area (Å²) in [5.74, 6) is -4.15. The Balaban J connectivity index is 1.46. The van der Waals surface area contributed by atoms with Crippen LogP contribution in [0.15, 0.2) is 78.9 Å². The molecule has 2 aliphatic heterocycles. The highest BCUT2D eigenvalue weighted by atomic mass is 16.5. The van der Waals surface area contributed by atoms with E-state index < -0.39 is 53.0 Å². The highest BCUT2D eigenvalue weighted by molar-refractivity contribution is 6.35. The molecule has 1 aliphatic carbocycles. The molecule has 3 aliphatic rings. The van der Waals surface area contributed by atoms with Gasteiger partial charge in [-0.05, 0) is 31.4 Å². The van der Waals surface area contributed by atoms with Crippen LogP contribution in [0.5, 0.6) is 0 Å². The third kappa shape index (κ3) is 3.00. The average Bonchev–Trinajstić information content (AvgIpc) is 3.45. The number of carbonyl (C=O) groups excluding carboxylic acids is 4. The van der Waals surface area contributed by atoms with Crippen LogP contribution in [0.4, 0.5) is 0 Å². The summed E-state index contributed by atoms with van der Waals surface area (Å²) in [6.07, 6.45) is -0.411. The summed E-state index contributed by atoms with van der Waals surface area (Å²) in [6.45, 7) is 3.77. The van der Waals surface area contributed by atoms with Gasteiger partial charge in [0.2, 0.25) is 29.0 Å². The highest BCUT2D eigenvalue weighted by Crippen LogP contribution is 2.57. The number of nitrogens with zero attached hydrogens (tertiary/aromatic N) is 1. The molecule has 36 heavy (non-hydrogen) atoms. The number of aryl methyl sites for hydroxylation is 1. The third-order valence-electron chi connectivity index (χ3n) is 7.77. The van der Waals surface area contributed by atoms with Gasteiger partial charge < -0.3 is 4.74 Å². The van der Waals surface area contributed by atoms with Crippen molar-refractivity contribution in [2.75, 3.05) is 0 Å². The maximum absolute atomic E-state index is 14.0. The van der Waals surface area contributed by atoms with E-state index in [9.17, 15) is 19.2 Å². The molecular weight excluding hydrogens is 454 g/mol. The normalized spacial score (nSPS) is 24.9. The van der Waals surface area contributed by atoms with Crippen LogP contribution in [0.1, 0.15) is 50.4 Å². The lowest BCUT2D eigenvalue weighted by Crippen LogP contribution is -2.52. The van der Waals surface area contributed by atoms with Crippen LogP contribution >= 0.6 is 0 Å². The zero-order valence-electron chi connectivity index (χ0n) is 20.0. The number of ketones is 2. The van der Waals surface area contributed by atoms with Crippen molar-refractivity contribution in [3.8, 4) is 0 Å². The first-order valence-electron chi connectivity index (χ1n) is 12.2. The highest BCUT2D eigenvalue weighted by Gasteiger charge is 2.74. The van der Waals surface area contributed by atoms with Gasteiger partial charge in [0.1, 0.15) is 0 Å². The van der Waals surface area contributed by atoms with Crippen molar-refractivity contribution in [2.45, 2.75) is 38.0 Å². The van der Waals surface area contributed by atoms with Crippen molar-refractivity contribution in [1.29, 1.82) is 0 Å². The Bertz CT molecular complexity index is 1380. The molecule has 3 aromatic carbocycles. The number of ether oxygens (including phenoxy) is 1. The van der Waals surface area contributed by atoms with Crippen molar-refractivity contribution >= 4 is 23.4 Å². The summed E-state index contributed by atoms with van der Waals surface area (Å²) in [6, 6.07) is 23.2. The standard InChI is InChI=1S/C30H25NO5/c1-17-12-14-20(15-13-17)25-23-24(30(36-25)26(32)21-10-6-7-11-22(21)27(30)33)29(35)31(28(23)34)18(2)16-19-8-4-3-5-9-19/h3-15,18,23-25H,16H2,1-2H3/t18-,23+,24-,25-/m0/s1. The van der Waals surface area contributed by atoms with E-state index in [1.165, 1.54) is 4.90 Å². The molecule has 0 unspecified atom stereocenters. The smallest absolute Gasteiger partial charge is 0.237 e. The Hall–Kier alpha value is -3.90.